The van der Waals surface area contributed by atoms with Crippen molar-refractivity contribution in [3.8, 4) is 11.8 Å². The van der Waals surface area contributed by atoms with Crippen molar-refractivity contribution in [2.75, 3.05) is 31.3 Å². The van der Waals surface area contributed by atoms with Crippen LogP contribution in [0.1, 0.15) is 47.1 Å². The largest absolute Gasteiger partial charge is 0.495 e. The Morgan fingerprint density at radius 3 is 2.65 bits per heavy atom. The zero-order chi connectivity index (χ0) is 25.0. The quantitative estimate of drug-likeness (QED) is 0.484. The van der Waals surface area contributed by atoms with Crippen LogP contribution in [0.25, 0.3) is 0 Å². The summed E-state index contributed by atoms with van der Waals surface area (Å²) in [5.74, 6) is -0.886. The number of amides is 2. The molecule has 1 aliphatic heterocycles. The number of nitrogen functional groups attached to an aromatic ring is 1. The van der Waals surface area contributed by atoms with E-state index in [2.05, 4.69) is 11.4 Å². The van der Waals surface area contributed by atoms with Gasteiger partial charge in [-0.15, -0.1) is 11.3 Å². The number of hydrogen-bond donors (Lipinski definition) is 2. The zero-order valence-electron chi connectivity index (χ0n) is 19.4. The highest BCUT2D eigenvalue weighted by Gasteiger charge is 2.30. The molecule has 3 N–H and O–H groups in total. The molecule has 0 saturated carbocycles. The summed E-state index contributed by atoms with van der Waals surface area (Å²) in [6.45, 7) is 5.54. The number of benzene rings is 1. The first kappa shape index (κ1) is 24.9. The van der Waals surface area contributed by atoms with Crippen molar-refractivity contribution in [2.24, 2.45) is 0 Å². The van der Waals surface area contributed by atoms with E-state index in [0.29, 0.717) is 29.3 Å². The summed E-state index contributed by atoms with van der Waals surface area (Å²) >= 11 is 1.22. The molecule has 10 nitrogen and oxygen atoms in total. The van der Waals surface area contributed by atoms with Crippen LogP contribution >= 0.6 is 11.3 Å². The molecule has 0 radical (unpaired) electrons. The van der Waals surface area contributed by atoms with Gasteiger partial charge in [-0.1, -0.05) is 0 Å². The number of methoxy groups -OCH3 is 1. The van der Waals surface area contributed by atoms with Crippen LogP contribution in [0.5, 0.6) is 5.75 Å². The van der Waals surface area contributed by atoms with E-state index >= 15 is 0 Å². The minimum atomic E-state index is -0.719. The Bertz CT molecular complexity index is 1160. The van der Waals surface area contributed by atoms with E-state index in [1.807, 2.05) is 0 Å². The molecule has 180 valence electrons. The van der Waals surface area contributed by atoms with Crippen LogP contribution in [0.4, 0.5) is 15.5 Å². The van der Waals surface area contributed by atoms with E-state index in [9.17, 15) is 19.6 Å². The van der Waals surface area contributed by atoms with Gasteiger partial charge in [0.25, 0.3) is 5.91 Å². The third-order valence-corrected chi connectivity index (χ3v) is 6.01. The molecule has 1 aliphatic rings. The fourth-order valence-corrected chi connectivity index (χ4v) is 4.56. The average Bonchev–Trinajstić information content (AvgIpc) is 3.12. The minimum Gasteiger partial charge on any atom is -0.495 e. The maximum absolute atomic E-state index is 12.4. The van der Waals surface area contributed by atoms with E-state index in [0.717, 1.165) is 10.4 Å². The molecule has 0 saturated heterocycles. The Labute approximate surface area is 201 Å². The standard InChI is InChI=1S/C23H26N4O6S/c1-23(2,3)33-22(30)27-8-7-14-15(10-24)20(34-18(14)11-27)26-19(28)12-32-21(29)13-5-6-17(31-4)16(25)9-13/h5-6,9H,7-8,11-12,25H2,1-4H3,(H,26,28). The minimum absolute atomic E-state index is 0.178. The highest BCUT2D eigenvalue weighted by atomic mass is 32.1. The molecule has 0 spiro atoms. The molecule has 0 unspecified atom stereocenters. The lowest BCUT2D eigenvalue weighted by atomic mass is 10.0. The fraction of sp³-hybridized carbons (Fsp3) is 0.391. The van der Waals surface area contributed by atoms with Crippen LogP contribution in [0.2, 0.25) is 0 Å². The molecule has 0 bridgehead atoms. The highest BCUT2D eigenvalue weighted by molar-refractivity contribution is 7.16. The molecule has 1 aromatic heterocycles. The highest BCUT2D eigenvalue weighted by Crippen LogP contribution is 2.37. The number of ether oxygens (including phenoxy) is 3. The van der Waals surface area contributed by atoms with Crippen molar-refractivity contribution in [3.05, 3.63) is 39.8 Å². The number of esters is 1. The van der Waals surface area contributed by atoms with Gasteiger partial charge in [-0.05, 0) is 51.0 Å². The number of anilines is 2. The summed E-state index contributed by atoms with van der Waals surface area (Å²) in [6.07, 6.45) is 0.0410. The lowest BCUT2D eigenvalue weighted by Crippen LogP contribution is -2.39. The summed E-state index contributed by atoms with van der Waals surface area (Å²) in [4.78, 5) is 39.4. The predicted molar refractivity (Wildman–Crippen MR) is 126 cm³/mol. The van der Waals surface area contributed by atoms with Crippen LogP contribution in [0.15, 0.2) is 18.2 Å². The molecule has 0 aliphatic carbocycles. The summed E-state index contributed by atoms with van der Waals surface area (Å²) in [5.41, 5.74) is 6.78. The van der Waals surface area contributed by atoms with Gasteiger partial charge in [0.1, 0.15) is 22.4 Å². The van der Waals surface area contributed by atoms with Gasteiger partial charge in [-0.2, -0.15) is 5.26 Å². The zero-order valence-corrected chi connectivity index (χ0v) is 20.2. The number of carbonyl (C=O) groups is 3. The number of hydrogen-bond acceptors (Lipinski definition) is 9. The smallest absolute Gasteiger partial charge is 0.410 e. The van der Waals surface area contributed by atoms with Crippen LogP contribution in [0, 0.1) is 11.3 Å². The first-order valence-corrected chi connectivity index (χ1v) is 11.3. The predicted octanol–water partition coefficient (Wildman–Crippen LogP) is 3.30. The molecule has 2 aromatic rings. The van der Waals surface area contributed by atoms with Crippen LogP contribution in [-0.4, -0.2) is 48.7 Å². The number of nitrogens with zero attached hydrogens (tertiary/aromatic N) is 2. The van der Waals surface area contributed by atoms with E-state index in [-0.39, 0.29) is 17.8 Å². The van der Waals surface area contributed by atoms with Crippen molar-refractivity contribution in [1.82, 2.24) is 4.90 Å². The fourth-order valence-electron chi connectivity index (χ4n) is 3.33. The number of nitriles is 1. The summed E-state index contributed by atoms with van der Waals surface area (Å²) in [6, 6.07) is 6.53. The topological polar surface area (TPSA) is 144 Å². The molecule has 3 rings (SSSR count). The van der Waals surface area contributed by atoms with Gasteiger partial charge in [0.2, 0.25) is 0 Å². The number of rotatable bonds is 5. The van der Waals surface area contributed by atoms with Crippen molar-refractivity contribution in [3.63, 3.8) is 0 Å². The van der Waals surface area contributed by atoms with Crippen LogP contribution in [0.3, 0.4) is 0 Å². The first-order valence-electron chi connectivity index (χ1n) is 10.5. The van der Waals surface area contributed by atoms with Gasteiger partial charge >= 0.3 is 12.1 Å². The Morgan fingerprint density at radius 2 is 2.03 bits per heavy atom. The van der Waals surface area contributed by atoms with Crippen molar-refractivity contribution in [2.45, 2.75) is 39.3 Å². The van der Waals surface area contributed by atoms with Gasteiger partial charge in [-0.25, -0.2) is 9.59 Å². The van der Waals surface area contributed by atoms with E-state index in [4.69, 9.17) is 19.9 Å². The number of nitrogens with two attached hydrogens (primary N) is 1. The lowest BCUT2D eigenvalue weighted by molar-refractivity contribution is -0.119. The summed E-state index contributed by atoms with van der Waals surface area (Å²) in [5, 5.41) is 12.6. The van der Waals surface area contributed by atoms with Crippen molar-refractivity contribution >= 4 is 40.0 Å². The molecule has 34 heavy (non-hydrogen) atoms. The van der Waals surface area contributed by atoms with Gasteiger partial charge < -0.3 is 30.2 Å². The normalized spacial score (nSPS) is 12.9. The average molecular weight is 487 g/mol. The van der Waals surface area contributed by atoms with E-state index < -0.39 is 30.2 Å². The van der Waals surface area contributed by atoms with Crippen molar-refractivity contribution < 1.29 is 28.6 Å². The third kappa shape index (κ3) is 5.77. The Hall–Kier alpha value is -3.78. The monoisotopic (exact) mass is 486 g/mol. The van der Waals surface area contributed by atoms with Crippen molar-refractivity contribution in [1.29, 1.82) is 5.26 Å². The van der Waals surface area contributed by atoms with Gasteiger partial charge in [-0.3, -0.25) is 4.79 Å². The van der Waals surface area contributed by atoms with Gasteiger partial charge in [0, 0.05) is 11.4 Å². The molecular formula is C23H26N4O6S. The molecular weight excluding hydrogens is 460 g/mol. The number of carbonyl (C=O) groups excluding carboxylic acids is 3. The van der Waals surface area contributed by atoms with Gasteiger partial charge in [0.15, 0.2) is 6.61 Å². The SMILES string of the molecule is COc1ccc(C(=O)OCC(=O)Nc2sc3c(c2C#N)CCN(C(=O)OC(C)(C)C)C3)cc1N. The van der Waals surface area contributed by atoms with E-state index in [1.165, 1.54) is 36.6 Å². The van der Waals surface area contributed by atoms with E-state index in [1.54, 1.807) is 25.7 Å². The second-order valence-electron chi connectivity index (χ2n) is 8.55. The van der Waals surface area contributed by atoms with Gasteiger partial charge in [0.05, 0.1) is 30.5 Å². The number of nitrogens with one attached hydrogen (secondary N) is 1. The number of fused-ring (bicyclic) bond motifs is 1. The molecule has 11 heteroatoms. The number of thiophene rings is 1. The Balaban J connectivity index is 1.63. The maximum atomic E-state index is 12.4. The maximum Gasteiger partial charge on any atom is 0.410 e. The molecule has 2 heterocycles. The molecule has 0 atom stereocenters. The molecule has 1 aromatic carbocycles. The summed E-state index contributed by atoms with van der Waals surface area (Å²) in [7, 11) is 1.46. The second kappa shape index (κ2) is 10.0. The molecule has 2 amide bonds. The third-order valence-electron chi connectivity index (χ3n) is 4.87. The van der Waals surface area contributed by atoms with Crippen LogP contribution < -0.4 is 15.8 Å². The molecule has 0 fully saturated rings. The van der Waals surface area contributed by atoms with Crippen LogP contribution in [-0.2, 0) is 27.2 Å². The first-order chi connectivity index (χ1) is 16.0. The second-order valence-corrected chi connectivity index (χ2v) is 9.66. The lowest BCUT2D eigenvalue weighted by Gasteiger charge is -2.29. The Kier molecular flexibility index (Phi) is 7.32. The summed E-state index contributed by atoms with van der Waals surface area (Å²) < 4.78 is 15.5. The Morgan fingerprint density at radius 1 is 1.29 bits per heavy atom.